The summed E-state index contributed by atoms with van der Waals surface area (Å²) < 4.78 is 0.761. The number of rotatable bonds is 8. The van der Waals surface area contributed by atoms with Crippen LogP contribution in [0.4, 0.5) is 0 Å². The van der Waals surface area contributed by atoms with Gasteiger partial charge in [0, 0.05) is 30.2 Å². The summed E-state index contributed by atoms with van der Waals surface area (Å²) in [6, 6.07) is 0. The van der Waals surface area contributed by atoms with Gasteiger partial charge in [0.2, 0.25) is 0 Å². The van der Waals surface area contributed by atoms with Crippen molar-refractivity contribution in [3.63, 3.8) is 0 Å². The molecule has 0 rings (SSSR count). The zero-order valence-electron chi connectivity index (χ0n) is 9.81. The quantitative estimate of drug-likeness (QED) is 0.313. The molecule has 4 heteroatoms. The van der Waals surface area contributed by atoms with Gasteiger partial charge in [-0.25, -0.2) is 0 Å². The fourth-order valence-electron chi connectivity index (χ4n) is 1.41. The van der Waals surface area contributed by atoms with E-state index >= 15 is 0 Å². The third-order valence-corrected chi connectivity index (χ3v) is 2.87. The van der Waals surface area contributed by atoms with Gasteiger partial charge in [0.1, 0.15) is 4.32 Å². The molecule has 0 fully saturated rings. The fraction of sp³-hybridized carbons (Fsp3) is 0.909. The van der Waals surface area contributed by atoms with Gasteiger partial charge in [-0.05, 0) is 12.8 Å². The van der Waals surface area contributed by atoms with Gasteiger partial charge in [-0.1, -0.05) is 51.7 Å². The summed E-state index contributed by atoms with van der Waals surface area (Å²) in [4.78, 5) is 2.23. The molecule has 0 heterocycles. The van der Waals surface area contributed by atoms with Crippen LogP contribution in [-0.2, 0) is 17.1 Å². The summed E-state index contributed by atoms with van der Waals surface area (Å²) in [6.45, 7) is 6.61. The Morgan fingerprint density at radius 2 is 1.40 bits per heavy atom. The van der Waals surface area contributed by atoms with Crippen LogP contribution in [0, 0.1) is 0 Å². The molecule has 0 amide bonds. The van der Waals surface area contributed by atoms with Gasteiger partial charge < -0.3 is 4.90 Å². The van der Waals surface area contributed by atoms with Crippen molar-refractivity contribution >= 4 is 29.2 Å². The Hall–Kier alpha value is 0.759. The van der Waals surface area contributed by atoms with Gasteiger partial charge in [-0.2, -0.15) is 0 Å². The molecule has 0 N–H and O–H groups in total. The predicted molar refractivity (Wildman–Crippen MR) is 72.2 cm³/mol. The van der Waals surface area contributed by atoms with Gasteiger partial charge in [-0.3, -0.25) is 0 Å². The van der Waals surface area contributed by atoms with Crippen molar-refractivity contribution in [2.75, 3.05) is 13.1 Å². The molecule has 0 bridgehead atoms. The molecule has 1 nitrogen and oxygen atoms in total. The maximum atomic E-state index is 5.11. The van der Waals surface area contributed by atoms with E-state index in [0.29, 0.717) is 0 Å². The zero-order valence-corrected chi connectivity index (χ0v) is 12.6. The molecule has 0 spiro atoms. The van der Waals surface area contributed by atoms with Crippen LogP contribution >= 0.6 is 24.8 Å². The molecule has 0 aliphatic rings. The predicted octanol–water partition coefficient (Wildman–Crippen LogP) is 3.88. The normalized spacial score (nSPS) is 9.53. The number of unbranched alkanes of at least 4 members (excludes halogenated alkanes) is 4. The number of thiocarbonyl (C=S) groups is 1. The second-order valence-electron chi connectivity index (χ2n) is 3.68. The van der Waals surface area contributed by atoms with Gasteiger partial charge >= 0.3 is 0 Å². The van der Waals surface area contributed by atoms with E-state index in [0.717, 1.165) is 17.4 Å². The second kappa shape index (κ2) is 12.8. The van der Waals surface area contributed by atoms with Crippen LogP contribution < -0.4 is 0 Å². The van der Waals surface area contributed by atoms with Gasteiger partial charge in [0.05, 0.1) is 0 Å². The Labute approximate surface area is 116 Å². The molecule has 0 atom stereocenters. The molecule has 92 valence electrons. The van der Waals surface area contributed by atoms with Crippen molar-refractivity contribution in [2.24, 2.45) is 0 Å². The second-order valence-corrected chi connectivity index (χ2v) is 4.80. The van der Waals surface area contributed by atoms with E-state index in [1.807, 2.05) is 0 Å². The third-order valence-electron chi connectivity index (χ3n) is 2.33. The number of hydrogen-bond donors (Lipinski definition) is 1. The zero-order chi connectivity index (χ0) is 10.8. The van der Waals surface area contributed by atoms with Crippen LogP contribution in [0.3, 0.4) is 0 Å². The van der Waals surface area contributed by atoms with Crippen molar-refractivity contribution in [1.82, 2.24) is 4.90 Å². The monoisotopic (exact) mass is 289 g/mol. The molecule has 0 aromatic rings. The van der Waals surface area contributed by atoms with Crippen molar-refractivity contribution in [3.05, 3.63) is 0 Å². The van der Waals surface area contributed by atoms with E-state index in [2.05, 4.69) is 31.4 Å². The molecule has 0 radical (unpaired) electrons. The Bertz CT molecular complexity index is 144. The molecule has 0 aliphatic heterocycles. The molecular weight excluding hydrogens is 266 g/mol. The van der Waals surface area contributed by atoms with Crippen LogP contribution in [0.1, 0.15) is 52.4 Å². The van der Waals surface area contributed by atoms with Crippen LogP contribution in [0.5, 0.6) is 0 Å². The van der Waals surface area contributed by atoms with E-state index in [9.17, 15) is 0 Å². The molecule has 15 heavy (non-hydrogen) atoms. The summed E-state index contributed by atoms with van der Waals surface area (Å²) in [5.41, 5.74) is 0. The number of hydrogen-bond acceptors (Lipinski definition) is 1. The minimum absolute atomic E-state index is 0. The van der Waals surface area contributed by atoms with Crippen LogP contribution in [0.2, 0.25) is 0 Å². The van der Waals surface area contributed by atoms with Crippen LogP contribution in [-0.4, -0.2) is 22.3 Å². The van der Waals surface area contributed by atoms with E-state index in [1.54, 1.807) is 0 Å². The average Bonchev–Trinajstić information content (AvgIpc) is 2.15. The van der Waals surface area contributed by atoms with Crippen molar-refractivity contribution in [2.45, 2.75) is 52.4 Å². The van der Waals surface area contributed by atoms with Gasteiger partial charge in [0.15, 0.2) is 0 Å². The molecule has 0 aromatic heterocycles. The minimum atomic E-state index is 0. The first-order chi connectivity index (χ1) is 6.72. The third kappa shape index (κ3) is 11.0. The molecule has 0 unspecified atom stereocenters. The van der Waals surface area contributed by atoms with Crippen molar-refractivity contribution in [1.29, 1.82) is 0 Å². The largest absolute Gasteiger partial charge is 0.358 e. The van der Waals surface area contributed by atoms with Gasteiger partial charge in [-0.15, -0.1) is 12.6 Å². The van der Waals surface area contributed by atoms with Gasteiger partial charge in [0.25, 0.3) is 0 Å². The Balaban J connectivity index is 0. The van der Waals surface area contributed by atoms with E-state index in [1.165, 1.54) is 38.5 Å². The van der Waals surface area contributed by atoms with E-state index in [4.69, 9.17) is 12.2 Å². The molecular formula is C11H23FeNS2. The minimum Gasteiger partial charge on any atom is -0.358 e. The summed E-state index contributed by atoms with van der Waals surface area (Å²) in [6.07, 6.45) is 7.60. The Morgan fingerprint density at radius 1 is 1.00 bits per heavy atom. The summed E-state index contributed by atoms with van der Waals surface area (Å²) in [7, 11) is 0. The molecule has 0 aromatic carbocycles. The molecule has 0 aliphatic carbocycles. The first kappa shape index (κ1) is 18.1. The maximum Gasteiger partial charge on any atom is 0.133 e. The average molecular weight is 289 g/mol. The summed E-state index contributed by atoms with van der Waals surface area (Å²) in [5, 5.41) is 0. The van der Waals surface area contributed by atoms with Crippen molar-refractivity contribution < 1.29 is 17.1 Å². The van der Waals surface area contributed by atoms with Crippen LogP contribution in [0.15, 0.2) is 0 Å². The smallest absolute Gasteiger partial charge is 0.133 e. The summed E-state index contributed by atoms with van der Waals surface area (Å²) >= 11 is 9.36. The molecule has 0 saturated heterocycles. The topological polar surface area (TPSA) is 3.24 Å². The summed E-state index contributed by atoms with van der Waals surface area (Å²) in [5.74, 6) is 0. The molecule has 0 saturated carbocycles. The number of thiol groups is 1. The van der Waals surface area contributed by atoms with E-state index < -0.39 is 0 Å². The SMILES string of the molecule is CCCCCN(CCCCC)C(=S)S.[Fe]. The van der Waals surface area contributed by atoms with Crippen LogP contribution in [0.25, 0.3) is 0 Å². The van der Waals surface area contributed by atoms with E-state index in [-0.39, 0.29) is 17.1 Å². The fourth-order valence-corrected chi connectivity index (χ4v) is 1.79. The first-order valence-electron chi connectivity index (χ1n) is 5.70. The Kier molecular flexibility index (Phi) is 15.5. The Morgan fingerprint density at radius 3 is 1.67 bits per heavy atom. The van der Waals surface area contributed by atoms with Crippen molar-refractivity contribution in [3.8, 4) is 0 Å². The first-order valence-corrected chi connectivity index (χ1v) is 6.55. The maximum absolute atomic E-state index is 5.11. The standard InChI is InChI=1S/C11H23NS2.Fe/c1-3-5-7-9-12(11(13)14)10-8-6-4-2;/h3-10H2,1-2H3,(H,13,14);. The number of nitrogens with zero attached hydrogens (tertiary/aromatic N) is 1.